The van der Waals surface area contributed by atoms with Crippen LogP contribution in [0.4, 0.5) is 0 Å². The Morgan fingerprint density at radius 2 is 2.11 bits per heavy atom. The standard InChI is InChI=1S/C13H13Cl2N3/c1-16-11(12-8-17-5-6-18-12)7-9-3-2-4-10(14)13(9)15/h2-6,8,11,16H,7H2,1H3. The van der Waals surface area contributed by atoms with Gasteiger partial charge in [-0.05, 0) is 25.1 Å². The first-order chi connectivity index (χ1) is 8.72. The van der Waals surface area contributed by atoms with Crippen LogP contribution in [0.15, 0.2) is 36.8 Å². The zero-order valence-corrected chi connectivity index (χ0v) is 11.4. The first-order valence-corrected chi connectivity index (χ1v) is 6.34. The molecule has 2 aromatic rings. The molecule has 0 aliphatic carbocycles. The monoisotopic (exact) mass is 281 g/mol. The van der Waals surface area contributed by atoms with Crippen LogP contribution >= 0.6 is 23.2 Å². The van der Waals surface area contributed by atoms with Gasteiger partial charge in [0, 0.05) is 18.6 Å². The molecule has 0 aliphatic rings. The van der Waals surface area contributed by atoms with E-state index in [1.54, 1.807) is 24.7 Å². The zero-order chi connectivity index (χ0) is 13.0. The molecule has 1 N–H and O–H groups in total. The number of nitrogens with one attached hydrogen (secondary N) is 1. The lowest BCUT2D eigenvalue weighted by Crippen LogP contribution is -2.20. The van der Waals surface area contributed by atoms with E-state index in [9.17, 15) is 0 Å². The van der Waals surface area contributed by atoms with Gasteiger partial charge in [0.15, 0.2) is 0 Å². The van der Waals surface area contributed by atoms with Crippen LogP contribution in [0.1, 0.15) is 17.3 Å². The molecule has 18 heavy (non-hydrogen) atoms. The number of likely N-dealkylation sites (N-methyl/N-ethyl adjacent to an activating group) is 1. The number of hydrogen-bond donors (Lipinski definition) is 1. The Morgan fingerprint density at radius 1 is 1.28 bits per heavy atom. The largest absolute Gasteiger partial charge is 0.311 e. The van der Waals surface area contributed by atoms with Crippen LogP contribution in [0.25, 0.3) is 0 Å². The van der Waals surface area contributed by atoms with Gasteiger partial charge in [0.25, 0.3) is 0 Å². The predicted octanol–water partition coefficient (Wildman–Crippen LogP) is 3.29. The summed E-state index contributed by atoms with van der Waals surface area (Å²) >= 11 is 12.2. The molecule has 1 aromatic carbocycles. The van der Waals surface area contributed by atoms with Gasteiger partial charge in [-0.15, -0.1) is 0 Å². The minimum absolute atomic E-state index is 0.0645. The molecule has 1 heterocycles. The van der Waals surface area contributed by atoms with Crippen molar-refractivity contribution in [3.8, 4) is 0 Å². The summed E-state index contributed by atoms with van der Waals surface area (Å²) in [4.78, 5) is 8.37. The second-order valence-corrected chi connectivity index (χ2v) is 4.67. The molecule has 0 saturated heterocycles. The summed E-state index contributed by atoms with van der Waals surface area (Å²) < 4.78 is 0. The van der Waals surface area contributed by atoms with Crippen molar-refractivity contribution in [2.24, 2.45) is 0 Å². The minimum Gasteiger partial charge on any atom is -0.311 e. The van der Waals surface area contributed by atoms with Gasteiger partial charge in [-0.25, -0.2) is 0 Å². The van der Waals surface area contributed by atoms with Gasteiger partial charge in [-0.1, -0.05) is 35.3 Å². The maximum atomic E-state index is 6.19. The van der Waals surface area contributed by atoms with Gasteiger partial charge in [-0.2, -0.15) is 0 Å². The highest BCUT2D eigenvalue weighted by molar-refractivity contribution is 6.42. The normalized spacial score (nSPS) is 12.4. The molecule has 94 valence electrons. The molecule has 3 nitrogen and oxygen atoms in total. The van der Waals surface area contributed by atoms with Gasteiger partial charge in [0.2, 0.25) is 0 Å². The molecule has 1 aromatic heterocycles. The van der Waals surface area contributed by atoms with Crippen LogP contribution in [0, 0.1) is 0 Å². The highest BCUT2D eigenvalue weighted by Crippen LogP contribution is 2.28. The van der Waals surface area contributed by atoms with Crippen LogP contribution in [-0.2, 0) is 6.42 Å². The van der Waals surface area contributed by atoms with Gasteiger partial charge in [0.05, 0.1) is 21.8 Å². The summed E-state index contributed by atoms with van der Waals surface area (Å²) in [6.45, 7) is 0. The second kappa shape index (κ2) is 6.14. The number of hydrogen-bond acceptors (Lipinski definition) is 3. The lowest BCUT2D eigenvalue weighted by atomic mass is 10.0. The van der Waals surface area contributed by atoms with Crippen molar-refractivity contribution in [1.29, 1.82) is 0 Å². The van der Waals surface area contributed by atoms with Gasteiger partial charge in [0.1, 0.15) is 0 Å². The maximum Gasteiger partial charge on any atom is 0.0759 e. The highest BCUT2D eigenvalue weighted by atomic mass is 35.5. The minimum atomic E-state index is 0.0645. The zero-order valence-electron chi connectivity index (χ0n) is 9.90. The van der Waals surface area contributed by atoms with E-state index in [2.05, 4.69) is 15.3 Å². The van der Waals surface area contributed by atoms with E-state index in [0.717, 1.165) is 11.3 Å². The van der Waals surface area contributed by atoms with Gasteiger partial charge in [-0.3, -0.25) is 9.97 Å². The molecular formula is C13H13Cl2N3. The highest BCUT2D eigenvalue weighted by Gasteiger charge is 2.14. The Kier molecular flexibility index (Phi) is 4.53. The number of benzene rings is 1. The summed E-state index contributed by atoms with van der Waals surface area (Å²) in [7, 11) is 1.89. The van der Waals surface area contributed by atoms with Crippen LogP contribution in [-0.4, -0.2) is 17.0 Å². The summed E-state index contributed by atoms with van der Waals surface area (Å²) in [5.74, 6) is 0. The Hall–Kier alpha value is -1.16. The third kappa shape index (κ3) is 2.99. The van der Waals surface area contributed by atoms with Crippen molar-refractivity contribution in [3.63, 3.8) is 0 Å². The SMILES string of the molecule is CNC(Cc1cccc(Cl)c1Cl)c1cnccn1. The Morgan fingerprint density at radius 3 is 2.78 bits per heavy atom. The number of aromatic nitrogens is 2. The maximum absolute atomic E-state index is 6.19. The van der Waals surface area contributed by atoms with Crippen molar-refractivity contribution < 1.29 is 0 Å². The Labute approximate surface area is 116 Å². The molecule has 2 rings (SSSR count). The molecule has 0 radical (unpaired) electrons. The van der Waals surface area contributed by atoms with Crippen molar-refractivity contribution in [2.75, 3.05) is 7.05 Å². The van der Waals surface area contributed by atoms with Gasteiger partial charge >= 0.3 is 0 Å². The molecule has 5 heteroatoms. The van der Waals surface area contributed by atoms with Crippen LogP contribution in [0.3, 0.4) is 0 Å². The number of halogens is 2. The topological polar surface area (TPSA) is 37.8 Å². The summed E-state index contributed by atoms with van der Waals surface area (Å²) in [5.41, 5.74) is 1.88. The van der Waals surface area contributed by atoms with E-state index in [4.69, 9.17) is 23.2 Å². The first-order valence-electron chi connectivity index (χ1n) is 5.58. The molecule has 0 fully saturated rings. The first kappa shape index (κ1) is 13.3. The number of nitrogens with zero attached hydrogens (tertiary/aromatic N) is 2. The number of rotatable bonds is 4. The van der Waals surface area contributed by atoms with E-state index in [-0.39, 0.29) is 6.04 Å². The molecule has 0 aliphatic heterocycles. The second-order valence-electron chi connectivity index (χ2n) is 3.89. The Balaban J connectivity index is 2.24. The summed E-state index contributed by atoms with van der Waals surface area (Å²) in [6, 6.07) is 5.71. The fourth-order valence-electron chi connectivity index (χ4n) is 1.77. The molecule has 0 saturated carbocycles. The van der Waals surface area contributed by atoms with Crippen molar-refractivity contribution in [1.82, 2.24) is 15.3 Å². The van der Waals surface area contributed by atoms with Crippen molar-refractivity contribution >= 4 is 23.2 Å². The molecule has 1 unspecified atom stereocenters. The lowest BCUT2D eigenvalue weighted by Gasteiger charge is -2.16. The predicted molar refractivity (Wildman–Crippen MR) is 74.0 cm³/mol. The van der Waals surface area contributed by atoms with Gasteiger partial charge < -0.3 is 5.32 Å². The van der Waals surface area contributed by atoms with Crippen LogP contribution in [0.5, 0.6) is 0 Å². The Bertz CT molecular complexity index is 517. The van der Waals surface area contributed by atoms with E-state index in [0.29, 0.717) is 16.5 Å². The fourth-order valence-corrected chi connectivity index (χ4v) is 2.17. The van der Waals surface area contributed by atoms with Crippen LogP contribution in [0.2, 0.25) is 10.0 Å². The average Bonchev–Trinajstić information content (AvgIpc) is 2.41. The van der Waals surface area contributed by atoms with E-state index >= 15 is 0 Å². The summed E-state index contributed by atoms with van der Waals surface area (Å²) in [5, 5.41) is 4.38. The molecule has 1 atom stereocenters. The molecule has 0 spiro atoms. The van der Waals surface area contributed by atoms with E-state index in [1.165, 1.54) is 0 Å². The van der Waals surface area contributed by atoms with E-state index in [1.807, 2.05) is 19.2 Å². The summed E-state index contributed by atoms with van der Waals surface area (Å²) in [6.07, 6.45) is 5.80. The van der Waals surface area contributed by atoms with Crippen molar-refractivity contribution in [3.05, 3.63) is 58.1 Å². The van der Waals surface area contributed by atoms with Crippen molar-refractivity contribution in [2.45, 2.75) is 12.5 Å². The smallest absolute Gasteiger partial charge is 0.0759 e. The molecule has 0 amide bonds. The third-order valence-electron chi connectivity index (χ3n) is 2.74. The quantitative estimate of drug-likeness (QED) is 0.935. The van der Waals surface area contributed by atoms with Crippen LogP contribution < -0.4 is 5.32 Å². The molecular weight excluding hydrogens is 269 g/mol. The lowest BCUT2D eigenvalue weighted by molar-refractivity contribution is 0.573. The fraction of sp³-hybridized carbons (Fsp3) is 0.231. The molecule has 0 bridgehead atoms. The average molecular weight is 282 g/mol. The van der Waals surface area contributed by atoms with E-state index < -0.39 is 0 Å². The third-order valence-corrected chi connectivity index (χ3v) is 3.60.